The van der Waals surface area contributed by atoms with Crippen molar-refractivity contribution < 1.29 is 4.79 Å². The number of hydrogen-bond acceptors (Lipinski definition) is 3. The molecular weight excluding hydrogens is 266 g/mol. The van der Waals surface area contributed by atoms with E-state index in [2.05, 4.69) is 10.3 Å². The first-order chi connectivity index (χ1) is 10.0. The summed E-state index contributed by atoms with van der Waals surface area (Å²) in [5, 5.41) is 2.91. The number of rotatable bonds is 4. The predicted octanol–water partition coefficient (Wildman–Crippen LogP) is 1.97. The van der Waals surface area contributed by atoms with E-state index in [1.54, 1.807) is 31.6 Å². The predicted molar refractivity (Wildman–Crippen MR) is 81.2 cm³/mol. The van der Waals surface area contributed by atoms with Gasteiger partial charge in [0.2, 0.25) is 0 Å². The number of pyridine rings is 2. The van der Waals surface area contributed by atoms with E-state index in [9.17, 15) is 9.59 Å². The monoisotopic (exact) mass is 285 g/mol. The average Bonchev–Trinajstić information content (AvgIpc) is 2.51. The summed E-state index contributed by atoms with van der Waals surface area (Å²) < 4.78 is 1.47. The topological polar surface area (TPSA) is 64.0 Å². The molecule has 0 radical (unpaired) electrons. The second-order valence-electron chi connectivity index (χ2n) is 4.97. The highest BCUT2D eigenvalue weighted by Gasteiger charge is 2.17. The first-order valence-electron chi connectivity index (χ1n) is 6.92. The minimum Gasteiger partial charge on any atom is -0.345 e. The molecule has 21 heavy (non-hydrogen) atoms. The van der Waals surface area contributed by atoms with E-state index >= 15 is 0 Å². The van der Waals surface area contributed by atoms with E-state index in [4.69, 9.17) is 0 Å². The SMILES string of the molecule is CC[C@H](NC(=O)c1ccc(C)n(C)c1=O)c1ccncc1. The van der Waals surface area contributed by atoms with Gasteiger partial charge in [-0.15, -0.1) is 0 Å². The summed E-state index contributed by atoms with van der Waals surface area (Å²) in [7, 11) is 1.66. The average molecular weight is 285 g/mol. The Hall–Kier alpha value is -2.43. The minimum atomic E-state index is -0.348. The van der Waals surface area contributed by atoms with Crippen molar-refractivity contribution >= 4 is 5.91 Å². The third kappa shape index (κ3) is 3.18. The van der Waals surface area contributed by atoms with Gasteiger partial charge in [-0.3, -0.25) is 14.6 Å². The zero-order chi connectivity index (χ0) is 15.4. The van der Waals surface area contributed by atoms with E-state index in [1.807, 2.05) is 26.0 Å². The van der Waals surface area contributed by atoms with Crippen molar-refractivity contribution in [2.24, 2.45) is 7.05 Å². The van der Waals surface area contributed by atoms with Crippen LogP contribution in [0.15, 0.2) is 41.5 Å². The number of carbonyl (C=O) groups is 1. The molecule has 0 saturated heterocycles. The first kappa shape index (κ1) is 15.0. The number of hydrogen-bond donors (Lipinski definition) is 1. The summed E-state index contributed by atoms with van der Waals surface area (Å²) in [5.74, 6) is -0.348. The van der Waals surface area contributed by atoms with Gasteiger partial charge in [-0.05, 0) is 43.2 Å². The summed E-state index contributed by atoms with van der Waals surface area (Å²) in [6, 6.07) is 6.94. The zero-order valence-corrected chi connectivity index (χ0v) is 12.5. The fourth-order valence-electron chi connectivity index (χ4n) is 2.15. The fourth-order valence-corrected chi connectivity index (χ4v) is 2.15. The molecule has 1 amide bonds. The third-order valence-electron chi connectivity index (χ3n) is 3.62. The summed E-state index contributed by atoms with van der Waals surface area (Å²) in [4.78, 5) is 28.4. The van der Waals surface area contributed by atoms with Crippen LogP contribution in [0.1, 0.15) is 41.0 Å². The van der Waals surface area contributed by atoms with Crippen LogP contribution in [-0.4, -0.2) is 15.5 Å². The molecule has 5 heteroatoms. The molecule has 2 heterocycles. The van der Waals surface area contributed by atoms with Crippen LogP contribution in [0.5, 0.6) is 0 Å². The van der Waals surface area contributed by atoms with Gasteiger partial charge in [-0.2, -0.15) is 0 Å². The van der Waals surface area contributed by atoms with E-state index < -0.39 is 0 Å². The van der Waals surface area contributed by atoms with Gasteiger partial charge in [0.1, 0.15) is 5.56 Å². The van der Waals surface area contributed by atoms with Crippen molar-refractivity contribution in [2.45, 2.75) is 26.3 Å². The molecule has 0 fully saturated rings. The van der Waals surface area contributed by atoms with Crippen LogP contribution < -0.4 is 10.9 Å². The number of aryl methyl sites for hydroxylation is 1. The van der Waals surface area contributed by atoms with Gasteiger partial charge in [0.15, 0.2) is 0 Å². The quantitative estimate of drug-likeness (QED) is 0.934. The largest absolute Gasteiger partial charge is 0.345 e. The molecule has 2 rings (SSSR count). The lowest BCUT2D eigenvalue weighted by atomic mass is 10.1. The zero-order valence-electron chi connectivity index (χ0n) is 12.5. The second kappa shape index (κ2) is 6.35. The molecule has 5 nitrogen and oxygen atoms in total. The number of amides is 1. The Labute approximate surface area is 123 Å². The van der Waals surface area contributed by atoms with Crippen molar-refractivity contribution in [3.05, 3.63) is 63.8 Å². The van der Waals surface area contributed by atoms with Crippen LogP contribution in [0, 0.1) is 6.92 Å². The van der Waals surface area contributed by atoms with Crippen LogP contribution in [0.3, 0.4) is 0 Å². The van der Waals surface area contributed by atoms with Gasteiger partial charge >= 0.3 is 0 Å². The van der Waals surface area contributed by atoms with Crippen molar-refractivity contribution in [3.63, 3.8) is 0 Å². The van der Waals surface area contributed by atoms with E-state index in [1.165, 1.54) is 4.57 Å². The molecule has 0 spiro atoms. The summed E-state index contributed by atoms with van der Waals surface area (Å²) in [5.41, 5.74) is 1.68. The van der Waals surface area contributed by atoms with Crippen molar-refractivity contribution in [2.75, 3.05) is 0 Å². The number of nitrogens with one attached hydrogen (secondary N) is 1. The van der Waals surface area contributed by atoms with Crippen LogP contribution in [0.25, 0.3) is 0 Å². The maximum Gasteiger partial charge on any atom is 0.263 e. The molecule has 0 saturated carbocycles. The lowest BCUT2D eigenvalue weighted by Crippen LogP contribution is -2.34. The van der Waals surface area contributed by atoms with Crippen LogP contribution >= 0.6 is 0 Å². The van der Waals surface area contributed by atoms with Crippen LogP contribution in [0.4, 0.5) is 0 Å². The third-order valence-corrected chi connectivity index (χ3v) is 3.62. The minimum absolute atomic E-state index is 0.133. The Morgan fingerprint density at radius 3 is 2.57 bits per heavy atom. The Balaban J connectivity index is 2.25. The maximum atomic E-state index is 12.3. The first-order valence-corrected chi connectivity index (χ1v) is 6.92. The lowest BCUT2D eigenvalue weighted by Gasteiger charge is -2.17. The van der Waals surface area contributed by atoms with Gasteiger partial charge in [-0.1, -0.05) is 6.92 Å². The van der Waals surface area contributed by atoms with Crippen molar-refractivity contribution in [1.29, 1.82) is 0 Å². The fraction of sp³-hybridized carbons (Fsp3) is 0.312. The molecule has 2 aromatic heterocycles. The molecule has 0 aliphatic rings. The summed E-state index contributed by atoms with van der Waals surface area (Å²) >= 11 is 0. The number of carbonyl (C=O) groups excluding carboxylic acids is 1. The van der Waals surface area contributed by atoms with Crippen molar-refractivity contribution in [3.8, 4) is 0 Å². The highest BCUT2D eigenvalue weighted by molar-refractivity contribution is 5.94. The Kier molecular flexibility index (Phi) is 4.52. The smallest absolute Gasteiger partial charge is 0.263 e. The highest BCUT2D eigenvalue weighted by atomic mass is 16.2. The molecular formula is C16H19N3O2. The Morgan fingerprint density at radius 1 is 1.29 bits per heavy atom. The van der Waals surface area contributed by atoms with Crippen LogP contribution in [-0.2, 0) is 7.05 Å². The highest BCUT2D eigenvalue weighted by Crippen LogP contribution is 2.15. The standard InChI is InChI=1S/C16H19N3O2/c1-4-14(12-7-9-17-10-8-12)18-15(20)13-6-5-11(2)19(3)16(13)21/h5-10,14H,4H2,1-3H3,(H,18,20)/t14-/m0/s1. The molecule has 1 atom stereocenters. The van der Waals surface area contributed by atoms with Gasteiger partial charge in [0.05, 0.1) is 6.04 Å². The van der Waals surface area contributed by atoms with Gasteiger partial charge in [0, 0.05) is 25.1 Å². The number of aromatic nitrogens is 2. The van der Waals surface area contributed by atoms with E-state index in [0.29, 0.717) is 0 Å². The van der Waals surface area contributed by atoms with Gasteiger partial charge < -0.3 is 9.88 Å². The normalized spacial score (nSPS) is 12.0. The molecule has 1 N–H and O–H groups in total. The summed E-state index contributed by atoms with van der Waals surface area (Å²) in [6.07, 6.45) is 4.12. The van der Waals surface area contributed by atoms with Crippen LogP contribution in [0.2, 0.25) is 0 Å². The van der Waals surface area contributed by atoms with Gasteiger partial charge in [0.25, 0.3) is 11.5 Å². The molecule has 0 bridgehead atoms. The van der Waals surface area contributed by atoms with Gasteiger partial charge in [-0.25, -0.2) is 0 Å². The second-order valence-corrected chi connectivity index (χ2v) is 4.97. The lowest BCUT2D eigenvalue weighted by molar-refractivity contribution is 0.0933. The molecule has 0 aromatic carbocycles. The Morgan fingerprint density at radius 2 is 1.95 bits per heavy atom. The molecule has 0 aliphatic carbocycles. The molecule has 0 unspecified atom stereocenters. The molecule has 0 aliphatic heterocycles. The summed E-state index contributed by atoms with van der Waals surface area (Å²) in [6.45, 7) is 3.81. The van der Waals surface area contributed by atoms with E-state index in [0.717, 1.165) is 17.7 Å². The Bertz CT molecular complexity index is 692. The van der Waals surface area contributed by atoms with Crippen molar-refractivity contribution in [1.82, 2.24) is 14.9 Å². The van der Waals surface area contributed by atoms with E-state index in [-0.39, 0.29) is 23.1 Å². The molecule has 2 aromatic rings. The number of nitrogens with zero attached hydrogens (tertiary/aromatic N) is 2. The molecule has 110 valence electrons. The maximum absolute atomic E-state index is 12.3.